The Morgan fingerprint density at radius 3 is 2.60 bits per heavy atom. The molecule has 0 radical (unpaired) electrons. The van der Waals surface area contributed by atoms with Crippen molar-refractivity contribution in [3.8, 4) is 0 Å². The van der Waals surface area contributed by atoms with Gasteiger partial charge in [-0.2, -0.15) is 0 Å². The Hall–Kier alpha value is -1.34. The summed E-state index contributed by atoms with van der Waals surface area (Å²) in [4.78, 5) is 11.2. The van der Waals surface area contributed by atoms with Crippen LogP contribution in [0.15, 0.2) is 36.9 Å². The van der Waals surface area contributed by atoms with Gasteiger partial charge < -0.3 is 0 Å². The molecule has 3 nitrogen and oxygen atoms in total. The molecule has 0 unspecified atom stereocenters. The molecule has 0 aliphatic heterocycles. The van der Waals surface area contributed by atoms with Gasteiger partial charge in [0.1, 0.15) is 0 Å². The molecule has 0 aromatic heterocycles. The van der Waals surface area contributed by atoms with Gasteiger partial charge in [0.15, 0.2) is 0 Å². The van der Waals surface area contributed by atoms with Crippen molar-refractivity contribution in [1.29, 1.82) is 0 Å². The predicted octanol–water partition coefficient (Wildman–Crippen LogP) is 0.756. The maximum absolute atomic E-state index is 11.2. The fraction of sp³-hybridized carbons (Fsp3) is 0.0909. The zero-order valence-corrected chi connectivity index (χ0v) is 10.2. The summed E-state index contributed by atoms with van der Waals surface area (Å²) in [5, 5.41) is 9.23. The van der Waals surface area contributed by atoms with Crippen molar-refractivity contribution in [1.82, 2.24) is 5.32 Å². The van der Waals surface area contributed by atoms with Gasteiger partial charge in [-0.25, -0.2) is 0 Å². The zero-order chi connectivity index (χ0) is 11.1. The molecule has 15 heavy (non-hydrogen) atoms. The summed E-state index contributed by atoms with van der Waals surface area (Å²) in [6, 6.07) is 7.50. The summed E-state index contributed by atoms with van der Waals surface area (Å²) in [6.45, 7) is 3.98. The van der Waals surface area contributed by atoms with Crippen LogP contribution in [0.2, 0.25) is 0 Å². The second-order valence-corrected chi connectivity index (χ2v) is 4.58. The molecule has 2 N–H and O–H groups in total. The van der Waals surface area contributed by atoms with E-state index in [4.69, 9.17) is 0 Å². The van der Waals surface area contributed by atoms with E-state index >= 15 is 0 Å². The van der Waals surface area contributed by atoms with Crippen molar-refractivity contribution in [3.63, 3.8) is 0 Å². The minimum absolute atomic E-state index is 0.00394. The first-order valence-corrected chi connectivity index (χ1v) is 6.75. The monoisotopic (exact) mass is 264 g/mol. The van der Waals surface area contributed by atoms with E-state index in [2.05, 4.69) is 22.5 Å². The molecule has 1 aromatic carbocycles. The van der Waals surface area contributed by atoms with Gasteiger partial charge in [-0.05, 0) is 0 Å². The summed E-state index contributed by atoms with van der Waals surface area (Å²) >= 11 is 0.00394. The molecule has 1 aromatic rings. The number of carbonyl (C=O) groups is 1. The molecule has 2 amide bonds. The summed E-state index contributed by atoms with van der Waals surface area (Å²) in [6.07, 6.45) is 1.63. The van der Waals surface area contributed by atoms with Crippen molar-refractivity contribution < 1.29 is 4.79 Å². The van der Waals surface area contributed by atoms with Crippen LogP contribution in [0.25, 0.3) is 0 Å². The van der Waals surface area contributed by atoms with Gasteiger partial charge in [0.25, 0.3) is 0 Å². The van der Waals surface area contributed by atoms with Gasteiger partial charge >= 0.3 is 95.6 Å². The van der Waals surface area contributed by atoms with Gasteiger partial charge in [-0.3, -0.25) is 0 Å². The Balaban J connectivity index is 2.53. The Labute approximate surface area is 95.8 Å². The molecule has 0 saturated heterocycles. The molecule has 78 valence electrons. The van der Waals surface area contributed by atoms with E-state index in [0.29, 0.717) is 6.54 Å². The third kappa shape index (κ3) is 4.13. The van der Waals surface area contributed by atoms with E-state index < -0.39 is 0 Å². The van der Waals surface area contributed by atoms with Gasteiger partial charge in [-0.15, -0.1) is 0 Å². The Kier molecular flexibility index (Phi) is 4.85. The number of amides is 2. The number of anilines is 1. The Morgan fingerprint density at radius 1 is 1.40 bits per heavy atom. The van der Waals surface area contributed by atoms with Crippen LogP contribution in [0.1, 0.15) is 0 Å². The van der Waals surface area contributed by atoms with Gasteiger partial charge in [-0.1, -0.05) is 0 Å². The molecule has 0 saturated carbocycles. The van der Waals surface area contributed by atoms with Crippen molar-refractivity contribution in [3.05, 3.63) is 36.9 Å². The normalized spacial score (nSPS) is 9.60. The number of carbonyl (C=O) groups excluding carboxylic acids is 1. The number of hydrogen-bond acceptors (Lipinski definition) is 1. The molecule has 4 heteroatoms. The van der Waals surface area contributed by atoms with Crippen molar-refractivity contribution >= 4 is 36.7 Å². The average Bonchev–Trinajstić information content (AvgIpc) is 2.27. The topological polar surface area (TPSA) is 41.1 Å². The molecule has 0 heterocycles. The molecular formula is C11H13AsN2O. The first-order chi connectivity index (χ1) is 7.26. The van der Waals surface area contributed by atoms with E-state index in [9.17, 15) is 4.79 Å². The molecule has 1 rings (SSSR count). The average molecular weight is 264 g/mol. The minimum atomic E-state index is -0.217. The van der Waals surface area contributed by atoms with Crippen LogP contribution in [0.5, 0.6) is 0 Å². The van der Waals surface area contributed by atoms with Crippen LogP contribution < -0.4 is 15.0 Å². The van der Waals surface area contributed by atoms with Crippen molar-refractivity contribution in [2.24, 2.45) is 0 Å². The van der Waals surface area contributed by atoms with Crippen LogP contribution in [-0.4, -0.2) is 33.2 Å². The third-order valence-electron chi connectivity index (χ3n) is 1.71. The first-order valence-electron chi connectivity index (χ1n) is 4.49. The number of hydrogen-bond donors (Lipinski definition) is 2. The maximum atomic E-state index is 11.2. The van der Waals surface area contributed by atoms with E-state index in [1.54, 1.807) is 6.08 Å². The molecule has 0 aliphatic carbocycles. The summed E-state index contributed by atoms with van der Waals surface area (Å²) in [7, 11) is 0. The standard InChI is InChI=1S/C11H13AsN2O/c1-3-8-13-11(15)14-10-6-4-9(12-2)5-7-10/h3-7H,1-2,8H2,(H2,13,14,15). The van der Waals surface area contributed by atoms with Crippen molar-refractivity contribution in [2.45, 2.75) is 0 Å². The number of nitrogens with one attached hydrogen (secondary N) is 2. The molecule has 0 bridgehead atoms. The second-order valence-electron chi connectivity index (χ2n) is 2.83. The number of urea groups is 1. The summed E-state index contributed by atoms with van der Waals surface area (Å²) in [5.74, 6) is 0. The van der Waals surface area contributed by atoms with Gasteiger partial charge in [0.2, 0.25) is 0 Å². The molecule has 0 atom stereocenters. The van der Waals surface area contributed by atoms with E-state index in [0.717, 1.165) is 5.69 Å². The Morgan fingerprint density at radius 2 is 2.07 bits per heavy atom. The molecular weight excluding hydrogens is 251 g/mol. The van der Waals surface area contributed by atoms with E-state index in [1.165, 1.54) is 4.35 Å². The summed E-state index contributed by atoms with van der Waals surface area (Å²) in [5.41, 5.74) is 0.787. The number of benzene rings is 1. The zero-order valence-electron chi connectivity index (χ0n) is 8.36. The van der Waals surface area contributed by atoms with Crippen LogP contribution >= 0.6 is 0 Å². The second kappa shape index (κ2) is 6.20. The third-order valence-corrected chi connectivity index (χ3v) is 3.11. The van der Waals surface area contributed by atoms with E-state index in [-0.39, 0.29) is 21.3 Å². The van der Waals surface area contributed by atoms with Crippen LogP contribution in [-0.2, 0) is 0 Å². The van der Waals surface area contributed by atoms with Gasteiger partial charge in [0, 0.05) is 0 Å². The fourth-order valence-corrected chi connectivity index (χ4v) is 1.75. The van der Waals surface area contributed by atoms with Crippen LogP contribution in [0, 0.1) is 0 Å². The van der Waals surface area contributed by atoms with Crippen molar-refractivity contribution in [2.75, 3.05) is 11.9 Å². The van der Waals surface area contributed by atoms with Crippen LogP contribution in [0.4, 0.5) is 10.5 Å². The SMILES string of the molecule is C=CCNC(=O)Nc1ccc([As]=C)cc1. The van der Waals surface area contributed by atoms with E-state index in [1.807, 2.05) is 24.3 Å². The Bertz CT molecular complexity index is 359. The molecule has 0 spiro atoms. The first kappa shape index (κ1) is 11.7. The molecule has 0 fully saturated rings. The molecule has 0 aliphatic rings. The quantitative estimate of drug-likeness (QED) is 0.611. The number of rotatable bonds is 4. The predicted molar refractivity (Wildman–Crippen MR) is 66.2 cm³/mol. The fourth-order valence-electron chi connectivity index (χ4n) is 0.990. The summed E-state index contributed by atoms with van der Waals surface area (Å²) < 4.78 is 1.24. The van der Waals surface area contributed by atoms with Gasteiger partial charge in [0.05, 0.1) is 0 Å². The van der Waals surface area contributed by atoms with Crippen LogP contribution in [0.3, 0.4) is 0 Å².